The minimum absolute atomic E-state index is 0.0217. The highest BCUT2D eigenvalue weighted by Gasteiger charge is 2.29. The maximum atomic E-state index is 14.2. The highest BCUT2D eigenvalue weighted by atomic mass is 35.5. The van der Waals surface area contributed by atoms with E-state index in [-0.39, 0.29) is 41.8 Å². The Morgan fingerprint density at radius 3 is 2.42 bits per heavy atom. The third-order valence-corrected chi connectivity index (χ3v) is 13.1. The van der Waals surface area contributed by atoms with Gasteiger partial charge in [-0.3, -0.25) is 9.45 Å². The molecule has 0 saturated carbocycles. The Labute approximate surface area is 394 Å². The number of aromatic nitrogens is 4. The maximum absolute atomic E-state index is 14.2. The fraction of sp³-hybridized carbons (Fsp3) is 0.255. The van der Waals surface area contributed by atoms with Crippen LogP contribution in [0.2, 0.25) is 5.02 Å². The predicted molar refractivity (Wildman–Crippen MR) is 250 cm³/mol. The maximum Gasteiger partial charge on any atom is 0.446 e. The first-order chi connectivity index (χ1) is 32.3. The van der Waals surface area contributed by atoms with Crippen molar-refractivity contribution >= 4 is 49.5 Å². The van der Waals surface area contributed by atoms with Crippen molar-refractivity contribution in [1.29, 1.82) is 0 Å². The number of piperazine rings is 1. The lowest BCUT2D eigenvalue weighted by Gasteiger charge is -2.32. The minimum Gasteiger partial charge on any atom is -0.492 e. The number of carboxylic acids is 1. The number of methoxy groups -OCH3 is 1. The van der Waals surface area contributed by atoms with E-state index in [2.05, 4.69) is 41.0 Å². The lowest BCUT2D eigenvalue weighted by Crippen LogP contribution is -2.45. The SMILES string of the molecule is COc1c(OS(=O)(=O)O)cccc1-c1nccc(COc2ccccc2CC(Oc2ncnc3sc(-c4ccc(F)cc4)c(-c4ccc(OCCN5CCN(C)CC5)c(Cl)c4C)c23)C(=O)O)n1. The molecule has 1 atom stereocenters. The van der Waals surface area contributed by atoms with Crippen LogP contribution in [0.5, 0.6) is 28.9 Å². The zero-order chi connectivity index (χ0) is 47.2. The summed E-state index contributed by atoms with van der Waals surface area (Å²) in [6.45, 7) is 6.92. The van der Waals surface area contributed by atoms with Gasteiger partial charge in [0.05, 0.1) is 28.8 Å². The van der Waals surface area contributed by atoms with Crippen LogP contribution in [0.25, 0.3) is 43.2 Å². The lowest BCUT2D eigenvalue weighted by molar-refractivity contribution is -0.145. The van der Waals surface area contributed by atoms with Crippen molar-refractivity contribution < 1.29 is 50.4 Å². The third kappa shape index (κ3) is 11.0. The average molecular weight is 971 g/mol. The number of hydrogen-bond donors (Lipinski definition) is 2. The van der Waals surface area contributed by atoms with Crippen molar-refractivity contribution in [2.45, 2.75) is 26.1 Å². The average Bonchev–Trinajstić information content (AvgIpc) is 3.70. The van der Waals surface area contributed by atoms with E-state index >= 15 is 0 Å². The molecule has 0 amide bonds. The van der Waals surface area contributed by atoms with Gasteiger partial charge in [0.25, 0.3) is 0 Å². The number of aliphatic carboxylic acids is 1. The van der Waals surface area contributed by atoms with E-state index in [1.54, 1.807) is 48.5 Å². The molecule has 1 fully saturated rings. The molecule has 1 saturated heterocycles. The molecular weight excluding hydrogens is 927 g/mol. The van der Waals surface area contributed by atoms with E-state index < -0.39 is 28.3 Å². The number of fused-ring (bicyclic) bond motifs is 1. The molecule has 3 aromatic heterocycles. The molecule has 67 heavy (non-hydrogen) atoms. The Balaban J connectivity index is 1.07. The molecule has 20 heteroatoms. The van der Waals surface area contributed by atoms with Crippen LogP contribution < -0.4 is 23.1 Å². The Bertz CT molecular complexity index is 3030. The van der Waals surface area contributed by atoms with Gasteiger partial charge in [0, 0.05) is 55.8 Å². The number of nitrogens with zero attached hydrogens (tertiary/aromatic N) is 6. The number of rotatable bonds is 18. The number of hydrogen-bond acceptors (Lipinski definition) is 15. The molecule has 2 N–H and O–H groups in total. The number of likely N-dealkylation sites (N-methyl/N-ethyl adjacent to an activating group) is 1. The third-order valence-electron chi connectivity index (χ3n) is 11.1. The summed E-state index contributed by atoms with van der Waals surface area (Å²) in [6, 6.07) is 22.7. The first kappa shape index (κ1) is 47.0. The van der Waals surface area contributed by atoms with Gasteiger partial charge < -0.3 is 33.1 Å². The quantitative estimate of drug-likeness (QED) is 0.0783. The highest BCUT2D eigenvalue weighted by Crippen LogP contribution is 2.49. The molecule has 4 aromatic carbocycles. The van der Waals surface area contributed by atoms with E-state index in [1.807, 2.05) is 19.1 Å². The van der Waals surface area contributed by atoms with Crippen LogP contribution >= 0.6 is 22.9 Å². The Morgan fingerprint density at radius 1 is 0.910 bits per heavy atom. The van der Waals surface area contributed by atoms with E-state index in [4.69, 9.17) is 30.5 Å². The second-order valence-electron chi connectivity index (χ2n) is 15.5. The van der Waals surface area contributed by atoms with Gasteiger partial charge in [-0.2, -0.15) is 8.42 Å². The van der Waals surface area contributed by atoms with E-state index in [1.165, 1.54) is 55.2 Å². The number of benzene rings is 4. The molecule has 1 aliphatic heterocycles. The normalized spacial score (nSPS) is 13.9. The van der Waals surface area contributed by atoms with Crippen LogP contribution in [-0.2, 0) is 28.2 Å². The van der Waals surface area contributed by atoms with Crippen molar-refractivity contribution in [1.82, 2.24) is 29.7 Å². The van der Waals surface area contributed by atoms with Crippen molar-refractivity contribution in [2.24, 2.45) is 0 Å². The summed E-state index contributed by atoms with van der Waals surface area (Å²) in [6.07, 6.45) is 1.19. The number of carboxylic acid groups (broad SMARTS) is 1. The standard InChI is InChI=1S/C47H44ClFN6O10S2/c1-28-33(15-16-36(41(28)48)62-24-23-55-21-19-54(2)20-22-55)39-40-45(51-27-52-46(40)66-43(39)29-11-13-31(49)14-12-29)64-38(47(56)57)25-30-7-4-5-9-35(30)63-26-32-17-18-50-44(53-32)34-8-6-10-37(42(34)61-3)65-67(58,59)60/h4-18,27,38H,19-26H2,1-3H3,(H,56,57)(H,58,59,60). The molecule has 0 spiro atoms. The summed E-state index contributed by atoms with van der Waals surface area (Å²) >= 11 is 8.38. The van der Waals surface area contributed by atoms with Crippen molar-refractivity contribution in [3.05, 3.63) is 125 Å². The summed E-state index contributed by atoms with van der Waals surface area (Å²) in [4.78, 5) is 36.9. The molecule has 1 aliphatic rings. The van der Waals surface area contributed by atoms with Gasteiger partial charge in [-0.25, -0.2) is 29.1 Å². The zero-order valence-corrected chi connectivity index (χ0v) is 38.8. The summed E-state index contributed by atoms with van der Waals surface area (Å²) in [5.74, 6) is -0.903. The molecule has 8 rings (SSSR count). The largest absolute Gasteiger partial charge is 0.492 e. The van der Waals surface area contributed by atoms with Crippen LogP contribution in [0.4, 0.5) is 4.39 Å². The molecule has 7 aromatic rings. The van der Waals surface area contributed by atoms with E-state index in [0.717, 1.165) is 37.6 Å². The van der Waals surface area contributed by atoms with Crippen LogP contribution in [-0.4, -0.2) is 113 Å². The number of para-hydroxylation sites is 2. The molecule has 1 unspecified atom stereocenters. The molecule has 0 bridgehead atoms. The van der Waals surface area contributed by atoms with E-state index in [0.29, 0.717) is 66.9 Å². The lowest BCUT2D eigenvalue weighted by atomic mass is 9.96. The second kappa shape index (κ2) is 20.6. The van der Waals surface area contributed by atoms with Crippen LogP contribution in [0, 0.1) is 12.7 Å². The smallest absolute Gasteiger partial charge is 0.446 e. The summed E-state index contributed by atoms with van der Waals surface area (Å²) in [5, 5.41) is 11.5. The topological polar surface area (TPSA) is 196 Å². The monoisotopic (exact) mass is 970 g/mol. The molecule has 0 aliphatic carbocycles. The summed E-state index contributed by atoms with van der Waals surface area (Å²) in [5.41, 5.74) is 3.95. The van der Waals surface area contributed by atoms with Gasteiger partial charge in [-0.05, 0) is 78.7 Å². The first-order valence-electron chi connectivity index (χ1n) is 20.9. The van der Waals surface area contributed by atoms with Crippen molar-refractivity contribution in [3.63, 3.8) is 0 Å². The Morgan fingerprint density at radius 2 is 1.67 bits per heavy atom. The van der Waals surface area contributed by atoms with Gasteiger partial charge in [0.15, 0.2) is 17.3 Å². The van der Waals surface area contributed by atoms with Crippen LogP contribution in [0.3, 0.4) is 0 Å². The molecule has 348 valence electrons. The number of thiophene rings is 1. The fourth-order valence-corrected chi connectivity index (χ4v) is 9.35. The summed E-state index contributed by atoms with van der Waals surface area (Å²) < 4.78 is 75.2. The second-order valence-corrected chi connectivity index (χ2v) is 17.9. The summed E-state index contributed by atoms with van der Waals surface area (Å²) in [7, 11) is -1.44. The van der Waals surface area contributed by atoms with Crippen molar-refractivity contribution in [2.75, 3.05) is 53.5 Å². The predicted octanol–water partition coefficient (Wildman–Crippen LogP) is 8.05. The van der Waals surface area contributed by atoms with Crippen LogP contribution in [0.1, 0.15) is 16.8 Å². The number of ether oxygens (including phenoxy) is 4. The molecule has 0 radical (unpaired) electrons. The number of halogens is 2. The fourth-order valence-electron chi connectivity index (χ4n) is 7.62. The molecular formula is C47H44ClFN6O10S2. The molecule has 4 heterocycles. The van der Waals surface area contributed by atoms with Gasteiger partial charge in [0.1, 0.15) is 41.7 Å². The van der Waals surface area contributed by atoms with Gasteiger partial charge in [0.2, 0.25) is 12.0 Å². The van der Waals surface area contributed by atoms with Gasteiger partial charge in [-0.15, -0.1) is 11.3 Å². The molecule has 16 nitrogen and oxygen atoms in total. The highest BCUT2D eigenvalue weighted by molar-refractivity contribution is 7.81. The minimum atomic E-state index is -4.85. The first-order valence-corrected chi connectivity index (χ1v) is 23.4. The van der Waals surface area contributed by atoms with E-state index in [9.17, 15) is 27.3 Å². The zero-order valence-electron chi connectivity index (χ0n) is 36.4. The van der Waals surface area contributed by atoms with Gasteiger partial charge >= 0.3 is 16.4 Å². The van der Waals surface area contributed by atoms with Gasteiger partial charge in [-0.1, -0.05) is 54.1 Å². The van der Waals surface area contributed by atoms with Crippen molar-refractivity contribution in [3.8, 4) is 61.8 Å². The number of carbonyl (C=O) groups is 1. The Kier molecular flexibility index (Phi) is 14.4. The Hall–Kier alpha value is -6.48. The van der Waals surface area contributed by atoms with Crippen LogP contribution in [0.15, 0.2) is 97.5 Å².